The molecule has 0 aromatic heterocycles. The minimum absolute atomic E-state index is 0.0244. The fourth-order valence-corrected chi connectivity index (χ4v) is 2.15. The molecule has 0 radical (unpaired) electrons. The summed E-state index contributed by atoms with van der Waals surface area (Å²) in [7, 11) is 0. The number of halogens is 1. The van der Waals surface area contributed by atoms with Crippen LogP contribution < -0.4 is 11.1 Å². The second-order valence-corrected chi connectivity index (χ2v) is 5.10. The van der Waals surface area contributed by atoms with Crippen molar-refractivity contribution in [3.8, 4) is 6.07 Å². The van der Waals surface area contributed by atoms with E-state index < -0.39 is 17.8 Å². The van der Waals surface area contributed by atoms with Crippen LogP contribution in [0, 0.1) is 17.1 Å². The standard InChI is InChI=1S/C15H18FN3O3/c1-9(22-8-10-3-2-6-21-10)15(20)19-13-5-4-12(16)11(7-17)14(13)18/h4-5,9-10H,2-3,6,8,18H2,1H3,(H,19,20). The molecular weight excluding hydrogens is 289 g/mol. The van der Waals surface area contributed by atoms with Gasteiger partial charge in [-0.15, -0.1) is 0 Å². The van der Waals surface area contributed by atoms with Crippen LogP contribution in [0.5, 0.6) is 0 Å². The third kappa shape index (κ3) is 3.72. The monoisotopic (exact) mass is 307 g/mol. The number of anilines is 2. The zero-order valence-electron chi connectivity index (χ0n) is 12.3. The summed E-state index contributed by atoms with van der Waals surface area (Å²) >= 11 is 0. The molecule has 0 aliphatic carbocycles. The van der Waals surface area contributed by atoms with Crippen molar-refractivity contribution in [3.63, 3.8) is 0 Å². The molecule has 6 nitrogen and oxygen atoms in total. The Balaban J connectivity index is 1.95. The zero-order chi connectivity index (χ0) is 16.1. The van der Waals surface area contributed by atoms with Gasteiger partial charge in [0.1, 0.15) is 23.6 Å². The first kappa shape index (κ1) is 16.2. The second kappa shape index (κ2) is 7.20. The number of ether oxygens (including phenoxy) is 2. The number of nitrogen functional groups attached to an aromatic ring is 1. The summed E-state index contributed by atoms with van der Waals surface area (Å²) in [6.07, 6.45) is 1.23. The van der Waals surface area contributed by atoms with Crippen LogP contribution in [0.2, 0.25) is 0 Å². The summed E-state index contributed by atoms with van der Waals surface area (Å²) in [6, 6.07) is 4.07. The lowest BCUT2D eigenvalue weighted by molar-refractivity contribution is -0.128. The Hall–Kier alpha value is -2.17. The first-order valence-corrected chi connectivity index (χ1v) is 7.05. The number of hydrogen-bond donors (Lipinski definition) is 2. The van der Waals surface area contributed by atoms with Gasteiger partial charge in [0.2, 0.25) is 0 Å². The molecule has 118 valence electrons. The van der Waals surface area contributed by atoms with Crippen molar-refractivity contribution in [1.29, 1.82) is 5.26 Å². The molecule has 1 aromatic carbocycles. The molecule has 1 heterocycles. The van der Waals surface area contributed by atoms with E-state index in [1.54, 1.807) is 13.0 Å². The average Bonchev–Trinajstić information content (AvgIpc) is 3.01. The maximum absolute atomic E-state index is 13.4. The molecule has 0 saturated carbocycles. The van der Waals surface area contributed by atoms with E-state index in [4.69, 9.17) is 20.5 Å². The van der Waals surface area contributed by atoms with Gasteiger partial charge in [-0.1, -0.05) is 0 Å². The molecule has 0 bridgehead atoms. The van der Waals surface area contributed by atoms with Gasteiger partial charge in [0.25, 0.3) is 5.91 Å². The van der Waals surface area contributed by atoms with Crippen LogP contribution in [-0.4, -0.2) is 31.3 Å². The third-order valence-corrected chi connectivity index (χ3v) is 3.49. The van der Waals surface area contributed by atoms with E-state index in [0.717, 1.165) is 25.5 Å². The van der Waals surface area contributed by atoms with E-state index >= 15 is 0 Å². The quantitative estimate of drug-likeness (QED) is 0.808. The molecule has 1 saturated heterocycles. The molecule has 1 aliphatic heterocycles. The number of nitrogens with one attached hydrogen (secondary N) is 1. The van der Waals surface area contributed by atoms with Crippen LogP contribution in [-0.2, 0) is 14.3 Å². The van der Waals surface area contributed by atoms with Gasteiger partial charge >= 0.3 is 0 Å². The first-order valence-electron chi connectivity index (χ1n) is 7.05. The SMILES string of the molecule is CC(OCC1CCCO1)C(=O)Nc1ccc(F)c(C#N)c1N. The van der Waals surface area contributed by atoms with Gasteiger partial charge in [0, 0.05) is 6.61 Å². The van der Waals surface area contributed by atoms with Gasteiger partial charge in [0.05, 0.1) is 24.1 Å². The van der Waals surface area contributed by atoms with Crippen LogP contribution in [0.15, 0.2) is 12.1 Å². The molecule has 0 spiro atoms. The summed E-state index contributed by atoms with van der Waals surface area (Å²) < 4.78 is 24.2. The Morgan fingerprint density at radius 1 is 1.68 bits per heavy atom. The topological polar surface area (TPSA) is 97.4 Å². The molecule has 2 rings (SSSR count). The number of rotatable bonds is 5. The van der Waals surface area contributed by atoms with E-state index in [-0.39, 0.29) is 23.0 Å². The summed E-state index contributed by atoms with van der Waals surface area (Å²) in [5, 5.41) is 11.4. The van der Waals surface area contributed by atoms with Crippen LogP contribution in [0.3, 0.4) is 0 Å². The number of carbonyl (C=O) groups is 1. The van der Waals surface area contributed by atoms with Crippen molar-refractivity contribution in [2.24, 2.45) is 0 Å². The first-order chi connectivity index (χ1) is 10.5. The summed E-state index contributed by atoms with van der Waals surface area (Å²) in [5.41, 5.74) is 5.49. The van der Waals surface area contributed by atoms with E-state index in [0.29, 0.717) is 6.61 Å². The Kier molecular flexibility index (Phi) is 5.31. The highest BCUT2D eigenvalue weighted by atomic mass is 19.1. The Labute approximate surface area is 128 Å². The van der Waals surface area contributed by atoms with Gasteiger partial charge in [0.15, 0.2) is 0 Å². The maximum atomic E-state index is 13.4. The number of amides is 1. The van der Waals surface area contributed by atoms with Crippen molar-refractivity contribution in [3.05, 3.63) is 23.5 Å². The van der Waals surface area contributed by atoms with E-state index in [1.165, 1.54) is 6.07 Å². The van der Waals surface area contributed by atoms with E-state index in [1.807, 2.05) is 0 Å². The maximum Gasteiger partial charge on any atom is 0.253 e. The van der Waals surface area contributed by atoms with Gasteiger partial charge in [-0.2, -0.15) is 5.26 Å². The summed E-state index contributed by atoms with van der Waals surface area (Å²) in [6.45, 7) is 2.67. The lowest BCUT2D eigenvalue weighted by atomic mass is 10.1. The van der Waals surface area contributed by atoms with E-state index in [2.05, 4.69) is 5.32 Å². The van der Waals surface area contributed by atoms with Crippen LogP contribution in [0.1, 0.15) is 25.3 Å². The third-order valence-electron chi connectivity index (χ3n) is 3.49. The molecule has 7 heteroatoms. The van der Waals surface area contributed by atoms with Crippen molar-refractivity contribution in [2.45, 2.75) is 32.0 Å². The normalized spacial score (nSPS) is 18.7. The summed E-state index contributed by atoms with van der Waals surface area (Å²) in [4.78, 5) is 12.0. The Bertz CT molecular complexity index is 594. The molecule has 2 unspecified atom stereocenters. The Morgan fingerprint density at radius 3 is 3.09 bits per heavy atom. The second-order valence-electron chi connectivity index (χ2n) is 5.10. The van der Waals surface area contributed by atoms with Crippen molar-refractivity contribution < 1.29 is 18.7 Å². The van der Waals surface area contributed by atoms with E-state index in [9.17, 15) is 9.18 Å². The fraction of sp³-hybridized carbons (Fsp3) is 0.467. The molecule has 22 heavy (non-hydrogen) atoms. The zero-order valence-corrected chi connectivity index (χ0v) is 12.3. The number of benzene rings is 1. The lowest BCUT2D eigenvalue weighted by Gasteiger charge is -2.17. The number of nitrogens with two attached hydrogens (primary N) is 1. The molecule has 1 aliphatic rings. The molecule has 2 atom stereocenters. The highest BCUT2D eigenvalue weighted by Crippen LogP contribution is 2.25. The van der Waals surface area contributed by atoms with Crippen molar-refractivity contribution in [2.75, 3.05) is 24.3 Å². The van der Waals surface area contributed by atoms with Gasteiger partial charge < -0.3 is 20.5 Å². The molecule has 1 aromatic rings. The molecule has 3 N–H and O–H groups in total. The van der Waals surface area contributed by atoms with Gasteiger partial charge in [-0.3, -0.25) is 4.79 Å². The Morgan fingerprint density at radius 2 is 2.45 bits per heavy atom. The average molecular weight is 307 g/mol. The molecular formula is C15H18FN3O3. The summed E-state index contributed by atoms with van der Waals surface area (Å²) in [5.74, 6) is -1.14. The van der Waals surface area contributed by atoms with Gasteiger partial charge in [-0.05, 0) is 31.9 Å². The van der Waals surface area contributed by atoms with Crippen molar-refractivity contribution in [1.82, 2.24) is 0 Å². The van der Waals surface area contributed by atoms with Gasteiger partial charge in [-0.25, -0.2) is 4.39 Å². The number of hydrogen-bond acceptors (Lipinski definition) is 5. The van der Waals surface area contributed by atoms with Crippen LogP contribution in [0.25, 0.3) is 0 Å². The van der Waals surface area contributed by atoms with Crippen molar-refractivity contribution >= 4 is 17.3 Å². The number of carbonyl (C=O) groups excluding carboxylic acids is 1. The number of nitrogens with zero attached hydrogens (tertiary/aromatic N) is 1. The largest absolute Gasteiger partial charge is 0.396 e. The van der Waals surface area contributed by atoms with Crippen LogP contribution in [0.4, 0.5) is 15.8 Å². The number of nitriles is 1. The predicted molar refractivity (Wildman–Crippen MR) is 78.5 cm³/mol. The lowest BCUT2D eigenvalue weighted by Crippen LogP contribution is -2.30. The van der Waals surface area contributed by atoms with Crippen LogP contribution >= 0.6 is 0 Å². The predicted octanol–water partition coefficient (Wildman–Crippen LogP) is 1.80. The minimum Gasteiger partial charge on any atom is -0.396 e. The minimum atomic E-state index is -0.722. The smallest absolute Gasteiger partial charge is 0.253 e. The highest BCUT2D eigenvalue weighted by Gasteiger charge is 2.21. The highest BCUT2D eigenvalue weighted by molar-refractivity contribution is 5.97. The molecule has 1 fully saturated rings. The fourth-order valence-electron chi connectivity index (χ4n) is 2.15. The molecule has 1 amide bonds.